The summed E-state index contributed by atoms with van der Waals surface area (Å²) in [5.74, 6) is 1.58. The van der Waals surface area contributed by atoms with Gasteiger partial charge in [-0.1, -0.05) is 19.9 Å². The Morgan fingerprint density at radius 3 is 2.60 bits per heavy atom. The Labute approximate surface area is 149 Å². The number of hydrogen-bond acceptors (Lipinski definition) is 4. The van der Waals surface area contributed by atoms with Crippen LogP contribution in [-0.4, -0.2) is 56.9 Å². The lowest BCUT2D eigenvalue weighted by molar-refractivity contribution is 0.171. The van der Waals surface area contributed by atoms with E-state index < -0.39 is 0 Å². The van der Waals surface area contributed by atoms with Gasteiger partial charge in [0.2, 0.25) is 0 Å². The Kier molecular flexibility index (Phi) is 5.37. The Morgan fingerprint density at radius 2 is 1.88 bits per heavy atom. The summed E-state index contributed by atoms with van der Waals surface area (Å²) < 4.78 is 11.2. The molecule has 0 atom stereocenters. The third kappa shape index (κ3) is 4.57. The molecule has 0 saturated carbocycles. The number of ether oxygens (including phenoxy) is 2. The van der Waals surface area contributed by atoms with E-state index in [-0.39, 0.29) is 17.5 Å². The molecule has 0 unspecified atom stereocenters. The van der Waals surface area contributed by atoms with Crippen LogP contribution in [0.15, 0.2) is 18.2 Å². The van der Waals surface area contributed by atoms with Crippen LogP contribution in [0.1, 0.15) is 32.3 Å². The van der Waals surface area contributed by atoms with Crippen molar-refractivity contribution in [3.05, 3.63) is 23.8 Å². The van der Waals surface area contributed by atoms with Gasteiger partial charge in [0.25, 0.3) is 0 Å². The van der Waals surface area contributed by atoms with Crippen molar-refractivity contribution >= 4 is 6.03 Å². The number of rotatable bonds is 4. The molecule has 2 heterocycles. The van der Waals surface area contributed by atoms with Crippen molar-refractivity contribution < 1.29 is 14.3 Å². The summed E-state index contributed by atoms with van der Waals surface area (Å²) in [6, 6.07) is 6.20. The lowest BCUT2D eigenvalue weighted by Crippen LogP contribution is -2.49. The molecule has 0 spiro atoms. The van der Waals surface area contributed by atoms with Gasteiger partial charge in [0.05, 0.1) is 0 Å². The maximum absolute atomic E-state index is 12.2. The van der Waals surface area contributed by atoms with Crippen molar-refractivity contribution in [2.45, 2.75) is 38.1 Å². The Morgan fingerprint density at radius 1 is 1.20 bits per heavy atom. The monoisotopic (exact) mass is 347 g/mol. The van der Waals surface area contributed by atoms with E-state index in [1.54, 1.807) is 0 Å². The summed E-state index contributed by atoms with van der Waals surface area (Å²) in [4.78, 5) is 14.5. The molecule has 1 aromatic rings. The second-order valence-corrected chi connectivity index (χ2v) is 7.65. The van der Waals surface area contributed by atoms with Gasteiger partial charge in [-0.15, -0.1) is 0 Å². The fourth-order valence-electron chi connectivity index (χ4n) is 3.26. The van der Waals surface area contributed by atoms with Crippen LogP contribution in [0.5, 0.6) is 11.5 Å². The lowest BCUT2D eigenvalue weighted by atomic mass is 9.84. The quantitative estimate of drug-likeness (QED) is 0.876. The number of amides is 2. The number of nitrogens with one attached hydrogen (secondary N) is 2. The van der Waals surface area contributed by atoms with E-state index in [0.29, 0.717) is 19.8 Å². The van der Waals surface area contributed by atoms with E-state index in [2.05, 4.69) is 36.4 Å². The Balaban J connectivity index is 1.53. The van der Waals surface area contributed by atoms with Crippen molar-refractivity contribution in [3.8, 4) is 11.5 Å². The van der Waals surface area contributed by atoms with Gasteiger partial charge in [0.15, 0.2) is 11.5 Å². The number of piperidine rings is 1. The molecule has 0 aromatic heterocycles. The molecule has 6 nitrogen and oxygen atoms in total. The van der Waals surface area contributed by atoms with Crippen LogP contribution < -0.4 is 20.1 Å². The van der Waals surface area contributed by atoms with E-state index in [1.165, 1.54) is 0 Å². The Hall–Kier alpha value is -1.95. The summed E-state index contributed by atoms with van der Waals surface area (Å²) in [5, 5.41) is 6.12. The van der Waals surface area contributed by atoms with E-state index in [9.17, 15) is 4.79 Å². The fraction of sp³-hybridized carbons (Fsp3) is 0.632. The zero-order chi connectivity index (χ0) is 17.9. The second kappa shape index (κ2) is 7.52. The predicted octanol–water partition coefficient (Wildman–Crippen LogP) is 2.13. The van der Waals surface area contributed by atoms with Gasteiger partial charge in [-0.2, -0.15) is 0 Å². The largest absolute Gasteiger partial charge is 0.486 e. The molecular weight excluding hydrogens is 318 g/mol. The van der Waals surface area contributed by atoms with Gasteiger partial charge in [-0.05, 0) is 50.7 Å². The highest BCUT2D eigenvalue weighted by Crippen LogP contribution is 2.34. The SMILES string of the molecule is CN1CCC(NC(=O)NCC(C)(C)c2ccc3c(c2)OCCO3)CC1. The summed E-state index contributed by atoms with van der Waals surface area (Å²) in [6.45, 7) is 8.04. The van der Waals surface area contributed by atoms with Crippen LogP contribution in [0.4, 0.5) is 4.79 Å². The first-order valence-electron chi connectivity index (χ1n) is 9.07. The topological polar surface area (TPSA) is 62.8 Å². The van der Waals surface area contributed by atoms with E-state index in [1.807, 2.05) is 18.2 Å². The predicted molar refractivity (Wildman–Crippen MR) is 97.5 cm³/mol. The van der Waals surface area contributed by atoms with Crippen molar-refractivity contribution in [3.63, 3.8) is 0 Å². The molecule has 2 aliphatic heterocycles. The number of hydrogen-bond donors (Lipinski definition) is 2. The standard InChI is InChI=1S/C19H29N3O3/c1-19(2,14-4-5-16-17(12-14)25-11-10-24-16)13-20-18(23)21-15-6-8-22(3)9-7-15/h4-5,12,15H,6-11,13H2,1-3H3,(H2,20,21,23). The average Bonchev–Trinajstić information content (AvgIpc) is 2.62. The number of urea groups is 1. The van der Waals surface area contributed by atoms with Gasteiger partial charge in [0.1, 0.15) is 13.2 Å². The van der Waals surface area contributed by atoms with Gasteiger partial charge in [-0.3, -0.25) is 0 Å². The van der Waals surface area contributed by atoms with Crippen molar-refractivity contribution in [1.29, 1.82) is 0 Å². The van der Waals surface area contributed by atoms with Gasteiger partial charge in [0, 0.05) is 18.0 Å². The molecule has 1 saturated heterocycles. The molecule has 0 radical (unpaired) electrons. The minimum atomic E-state index is -0.194. The van der Waals surface area contributed by atoms with Crippen LogP contribution in [0, 0.1) is 0 Å². The summed E-state index contributed by atoms with van der Waals surface area (Å²) in [6.07, 6.45) is 2.02. The Bertz CT molecular complexity index is 610. The minimum absolute atomic E-state index is 0.0832. The van der Waals surface area contributed by atoms with Crippen LogP contribution in [0.3, 0.4) is 0 Å². The molecule has 3 rings (SSSR count). The smallest absolute Gasteiger partial charge is 0.315 e. The maximum atomic E-state index is 12.2. The van der Waals surface area contributed by atoms with Crippen molar-refractivity contribution in [2.75, 3.05) is 39.9 Å². The molecular formula is C19H29N3O3. The van der Waals surface area contributed by atoms with Crippen LogP contribution in [-0.2, 0) is 5.41 Å². The lowest BCUT2D eigenvalue weighted by Gasteiger charge is -2.31. The number of fused-ring (bicyclic) bond motifs is 1. The number of benzene rings is 1. The molecule has 2 aliphatic rings. The summed E-state index contributed by atoms with van der Waals surface area (Å²) in [7, 11) is 2.12. The summed E-state index contributed by atoms with van der Waals surface area (Å²) in [5.41, 5.74) is 0.927. The highest BCUT2D eigenvalue weighted by Gasteiger charge is 2.25. The van der Waals surface area contributed by atoms with E-state index >= 15 is 0 Å². The van der Waals surface area contributed by atoms with E-state index in [0.717, 1.165) is 43.0 Å². The maximum Gasteiger partial charge on any atom is 0.315 e. The first kappa shape index (κ1) is 17.9. The third-order valence-corrected chi connectivity index (χ3v) is 5.07. The molecule has 138 valence electrons. The van der Waals surface area contributed by atoms with Crippen LogP contribution in [0.25, 0.3) is 0 Å². The van der Waals surface area contributed by atoms with Gasteiger partial charge >= 0.3 is 6.03 Å². The number of carbonyl (C=O) groups is 1. The van der Waals surface area contributed by atoms with E-state index in [4.69, 9.17) is 9.47 Å². The molecule has 6 heteroatoms. The second-order valence-electron chi connectivity index (χ2n) is 7.65. The van der Waals surface area contributed by atoms with Crippen LogP contribution in [0.2, 0.25) is 0 Å². The molecule has 1 fully saturated rings. The average molecular weight is 347 g/mol. The van der Waals surface area contributed by atoms with Crippen molar-refractivity contribution in [1.82, 2.24) is 15.5 Å². The highest BCUT2D eigenvalue weighted by molar-refractivity contribution is 5.74. The fourth-order valence-corrected chi connectivity index (χ4v) is 3.26. The zero-order valence-corrected chi connectivity index (χ0v) is 15.4. The number of carbonyl (C=O) groups excluding carboxylic acids is 1. The molecule has 0 aliphatic carbocycles. The third-order valence-electron chi connectivity index (χ3n) is 5.07. The molecule has 0 bridgehead atoms. The normalized spacial score (nSPS) is 18.7. The van der Waals surface area contributed by atoms with Crippen molar-refractivity contribution in [2.24, 2.45) is 0 Å². The number of nitrogens with zero attached hydrogens (tertiary/aromatic N) is 1. The number of likely N-dealkylation sites (tertiary alicyclic amines) is 1. The van der Waals surface area contributed by atoms with Gasteiger partial charge in [-0.25, -0.2) is 4.79 Å². The highest BCUT2D eigenvalue weighted by atomic mass is 16.6. The molecule has 1 aromatic carbocycles. The first-order valence-corrected chi connectivity index (χ1v) is 9.07. The van der Waals surface area contributed by atoms with Crippen LogP contribution >= 0.6 is 0 Å². The summed E-state index contributed by atoms with van der Waals surface area (Å²) >= 11 is 0. The van der Waals surface area contributed by atoms with Gasteiger partial charge < -0.3 is 25.0 Å². The first-order chi connectivity index (χ1) is 11.9. The molecule has 25 heavy (non-hydrogen) atoms. The molecule has 2 N–H and O–H groups in total. The zero-order valence-electron chi connectivity index (χ0n) is 15.4. The minimum Gasteiger partial charge on any atom is -0.486 e. The molecule has 2 amide bonds.